The molecule has 0 aromatic carbocycles. The molecule has 1 nitrogen and oxygen atoms in total. The maximum Gasteiger partial charge on any atom is 0.00155 e. The Morgan fingerprint density at radius 2 is 1.33 bits per heavy atom. The molecule has 0 radical (unpaired) electrons. The monoisotopic (exact) mass is 213 g/mol. The summed E-state index contributed by atoms with van der Waals surface area (Å²) in [6.07, 6.45) is 3.71. The Morgan fingerprint density at radius 3 is 1.67 bits per heavy atom. The van der Waals surface area contributed by atoms with Crippen molar-refractivity contribution in [2.75, 3.05) is 0 Å². The number of hydrogen-bond acceptors (Lipinski definition) is 1. The van der Waals surface area contributed by atoms with Gasteiger partial charge in [-0.05, 0) is 42.9 Å². The van der Waals surface area contributed by atoms with Crippen LogP contribution < -0.4 is 5.73 Å². The Morgan fingerprint density at radius 1 is 0.867 bits per heavy atom. The first-order valence-electron chi connectivity index (χ1n) is 6.27. The highest BCUT2D eigenvalue weighted by atomic mass is 14.6. The Kier molecular flexibility index (Phi) is 5.32. The molecular formula is C14H31N. The second-order valence-corrected chi connectivity index (χ2v) is 7.42. The van der Waals surface area contributed by atoms with Crippen LogP contribution >= 0.6 is 0 Å². The first-order valence-corrected chi connectivity index (χ1v) is 6.27. The van der Waals surface area contributed by atoms with Gasteiger partial charge in [-0.3, -0.25) is 0 Å². The predicted molar refractivity (Wildman–Crippen MR) is 69.9 cm³/mol. The fourth-order valence-electron chi connectivity index (χ4n) is 3.02. The third-order valence-corrected chi connectivity index (χ3v) is 2.74. The van der Waals surface area contributed by atoms with Crippen LogP contribution in [0, 0.1) is 16.7 Å². The molecule has 2 N–H and O–H groups in total. The van der Waals surface area contributed by atoms with E-state index in [1.165, 1.54) is 12.8 Å². The molecule has 0 heterocycles. The SMILES string of the molecule is CC(N)CC(C)(C)CC(C)CC(C)(C)C. The van der Waals surface area contributed by atoms with E-state index in [4.69, 9.17) is 5.73 Å². The molecule has 0 fully saturated rings. The van der Waals surface area contributed by atoms with Crippen LogP contribution in [0.2, 0.25) is 0 Å². The number of rotatable bonds is 5. The van der Waals surface area contributed by atoms with Gasteiger partial charge in [0, 0.05) is 6.04 Å². The van der Waals surface area contributed by atoms with E-state index in [1.807, 2.05) is 0 Å². The zero-order chi connectivity index (χ0) is 12.3. The highest BCUT2D eigenvalue weighted by Crippen LogP contribution is 2.35. The van der Waals surface area contributed by atoms with E-state index in [9.17, 15) is 0 Å². The van der Waals surface area contributed by atoms with Gasteiger partial charge in [0.05, 0.1) is 0 Å². The standard InChI is InChI=1S/C14H31N/c1-11(8-13(3,4)5)9-14(6,7)10-12(2)15/h11-12H,8-10,15H2,1-7H3. The third-order valence-electron chi connectivity index (χ3n) is 2.74. The van der Waals surface area contributed by atoms with Crippen LogP contribution in [0.5, 0.6) is 0 Å². The quantitative estimate of drug-likeness (QED) is 0.727. The van der Waals surface area contributed by atoms with Crippen molar-refractivity contribution in [3.63, 3.8) is 0 Å². The van der Waals surface area contributed by atoms with Gasteiger partial charge < -0.3 is 5.73 Å². The molecule has 0 aliphatic rings. The van der Waals surface area contributed by atoms with Gasteiger partial charge in [-0.15, -0.1) is 0 Å². The highest BCUT2D eigenvalue weighted by molar-refractivity contribution is 4.77. The topological polar surface area (TPSA) is 26.0 Å². The van der Waals surface area contributed by atoms with Crippen LogP contribution in [0.25, 0.3) is 0 Å². The van der Waals surface area contributed by atoms with Crippen molar-refractivity contribution in [3.05, 3.63) is 0 Å². The largest absolute Gasteiger partial charge is 0.328 e. The Labute approximate surface area is 96.8 Å². The van der Waals surface area contributed by atoms with Crippen molar-refractivity contribution in [1.82, 2.24) is 0 Å². The lowest BCUT2D eigenvalue weighted by Crippen LogP contribution is -2.27. The molecule has 2 unspecified atom stereocenters. The molecule has 1 heteroatoms. The Hall–Kier alpha value is -0.0400. The van der Waals surface area contributed by atoms with E-state index in [0.29, 0.717) is 16.9 Å². The lowest BCUT2D eigenvalue weighted by Gasteiger charge is -2.32. The van der Waals surface area contributed by atoms with E-state index in [0.717, 1.165) is 12.3 Å². The second-order valence-electron chi connectivity index (χ2n) is 7.42. The second kappa shape index (κ2) is 5.34. The molecule has 0 aliphatic carbocycles. The predicted octanol–water partition coefficient (Wildman–Crippen LogP) is 4.21. The van der Waals surface area contributed by atoms with Gasteiger partial charge in [0.15, 0.2) is 0 Å². The fraction of sp³-hybridized carbons (Fsp3) is 1.00. The van der Waals surface area contributed by atoms with Gasteiger partial charge in [0.1, 0.15) is 0 Å². The summed E-state index contributed by atoms with van der Waals surface area (Å²) in [4.78, 5) is 0. The molecular weight excluding hydrogens is 182 g/mol. The molecule has 0 saturated carbocycles. The highest BCUT2D eigenvalue weighted by Gasteiger charge is 2.24. The molecule has 0 aliphatic heterocycles. The van der Waals surface area contributed by atoms with Crippen LogP contribution in [0.4, 0.5) is 0 Å². The third kappa shape index (κ3) is 8.92. The zero-order valence-electron chi connectivity index (χ0n) is 11.9. The van der Waals surface area contributed by atoms with Gasteiger partial charge in [-0.1, -0.05) is 41.5 Å². The van der Waals surface area contributed by atoms with Gasteiger partial charge in [-0.2, -0.15) is 0 Å². The summed E-state index contributed by atoms with van der Waals surface area (Å²) in [6, 6.07) is 0.321. The molecule has 0 amide bonds. The summed E-state index contributed by atoms with van der Waals surface area (Å²) in [5.74, 6) is 0.791. The fourth-order valence-corrected chi connectivity index (χ4v) is 3.02. The summed E-state index contributed by atoms with van der Waals surface area (Å²) in [7, 11) is 0. The molecule has 92 valence electrons. The minimum atomic E-state index is 0.321. The van der Waals surface area contributed by atoms with Gasteiger partial charge in [-0.25, -0.2) is 0 Å². The van der Waals surface area contributed by atoms with Crippen LogP contribution in [0.1, 0.15) is 67.7 Å². The van der Waals surface area contributed by atoms with E-state index in [2.05, 4.69) is 48.5 Å². The first-order chi connectivity index (χ1) is 6.52. The van der Waals surface area contributed by atoms with Gasteiger partial charge in [0.25, 0.3) is 0 Å². The van der Waals surface area contributed by atoms with Crippen LogP contribution in [0.3, 0.4) is 0 Å². The Bertz CT molecular complexity index is 174. The lowest BCUT2D eigenvalue weighted by atomic mass is 9.74. The van der Waals surface area contributed by atoms with Crippen LogP contribution in [-0.4, -0.2) is 6.04 Å². The van der Waals surface area contributed by atoms with Crippen molar-refractivity contribution in [1.29, 1.82) is 0 Å². The Balaban J connectivity index is 4.10. The van der Waals surface area contributed by atoms with Crippen LogP contribution in [0.15, 0.2) is 0 Å². The molecule has 0 rings (SSSR count). The van der Waals surface area contributed by atoms with Crippen molar-refractivity contribution in [2.45, 2.75) is 73.8 Å². The molecule has 0 aromatic rings. The summed E-state index contributed by atoms with van der Waals surface area (Å²) < 4.78 is 0. The molecule has 0 saturated heterocycles. The van der Waals surface area contributed by atoms with Gasteiger partial charge >= 0.3 is 0 Å². The summed E-state index contributed by atoms with van der Waals surface area (Å²) in [5.41, 5.74) is 6.72. The minimum absolute atomic E-state index is 0.321. The maximum atomic E-state index is 5.88. The molecule has 0 aromatic heterocycles. The summed E-state index contributed by atoms with van der Waals surface area (Å²) >= 11 is 0. The normalized spacial score (nSPS) is 17.6. The van der Waals surface area contributed by atoms with Crippen molar-refractivity contribution in [2.24, 2.45) is 22.5 Å². The van der Waals surface area contributed by atoms with Crippen molar-refractivity contribution < 1.29 is 0 Å². The minimum Gasteiger partial charge on any atom is -0.328 e. The van der Waals surface area contributed by atoms with E-state index in [1.54, 1.807) is 0 Å². The average Bonchev–Trinajstić information content (AvgIpc) is 1.73. The van der Waals surface area contributed by atoms with Gasteiger partial charge in [0.2, 0.25) is 0 Å². The number of hydrogen-bond donors (Lipinski definition) is 1. The smallest absolute Gasteiger partial charge is 0.00155 e. The molecule has 2 atom stereocenters. The van der Waals surface area contributed by atoms with Crippen molar-refractivity contribution in [3.8, 4) is 0 Å². The van der Waals surface area contributed by atoms with E-state index in [-0.39, 0.29) is 0 Å². The lowest BCUT2D eigenvalue weighted by molar-refractivity contribution is 0.200. The summed E-state index contributed by atoms with van der Waals surface area (Å²) in [6.45, 7) is 16.1. The van der Waals surface area contributed by atoms with E-state index >= 15 is 0 Å². The van der Waals surface area contributed by atoms with Crippen molar-refractivity contribution >= 4 is 0 Å². The van der Waals surface area contributed by atoms with E-state index < -0.39 is 0 Å². The average molecular weight is 213 g/mol. The zero-order valence-corrected chi connectivity index (χ0v) is 11.9. The summed E-state index contributed by atoms with van der Waals surface area (Å²) in [5, 5.41) is 0. The first kappa shape index (κ1) is 15.0. The molecule has 0 bridgehead atoms. The molecule has 0 spiro atoms. The number of nitrogens with two attached hydrogens (primary N) is 1. The molecule has 15 heavy (non-hydrogen) atoms. The maximum absolute atomic E-state index is 5.88. The van der Waals surface area contributed by atoms with Crippen LogP contribution in [-0.2, 0) is 0 Å².